The minimum Gasteiger partial charge on any atom is -0.480 e. The molecule has 48 heavy (non-hydrogen) atoms. The lowest BCUT2D eigenvalue weighted by molar-refractivity contribution is -0.330. The molecule has 0 aromatic heterocycles. The van der Waals surface area contributed by atoms with Gasteiger partial charge in [0, 0.05) is 20.3 Å². The monoisotopic (exact) mass is 699 g/mol. The molecule has 2 saturated heterocycles. The number of aliphatic hydroxyl groups excluding tert-OH is 6. The number of carboxylic acids is 2. The highest BCUT2D eigenvalue weighted by molar-refractivity contribution is 5.80. The van der Waals surface area contributed by atoms with E-state index in [0.717, 1.165) is 13.8 Å². The first-order valence-electron chi connectivity index (χ1n) is 14.7. The summed E-state index contributed by atoms with van der Waals surface area (Å²) in [6.07, 6.45) is -16.8. The fraction of sp³-hybridized carbons (Fsp3) is 0.815. The van der Waals surface area contributed by atoms with Crippen LogP contribution in [0.1, 0.15) is 41.0 Å². The van der Waals surface area contributed by atoms with Crippen molar-refractivity contribution in [2.45, 2.75) is 120 Å². The molecule has 0 aliphatic carbocycles. The fourth-order valence-corrected chi connectivity index (χ4v) is 4.91. The average molecular weight is 700 g/mol. The van der Waals surface area contributed by atoms with Crippen LogP contribution in [0.4, 0.5) is 4.79 Å². The zero-order valence-corrected chi connectivity index (χ0v) is 26.8. The van der Waals surface area contributed by atoms with Crippen molar-refractivity contribution >= 4 is 29.8 Å². The van der Waals surface area contributed by atoms with E-state index in [9.17, 15) is 64.8 Å². The van der Waals surface area contributed by atoms with Gasteiger partial charge in [0.1, 0.15) is 48.3 Å². The van der Waals surface area contributed by atoms with Crippen molar-refractivity contribution < 1.29 is 88.5 Å². The van der Waals surface area contributed by atoms with E-state index in [1.807, 2.05) is 0 Å². The molecule has 0 saturated carbocycles. The van der Waals surface area contributed by atoms with Crippen LogP contribution in [0.25, 0.3) is 0 Å². The van der Waals surface area contributed by atoms with Crippen LogP contribution in [-0.4, -0.2) is 169 Å². The van der Waals surface area contributed by atoms with E-state index >= 15 is 0 Å². The van der Waals surface area contributed by atoms with Crippen molar-refractivity contribution in [3.8, 4) is 0 Å². The van der Waals surface area contributed by atoms with Gasteiger partial charge in [0.2, 0.25) is 11.8 Å². The number of aliphatic carboxylic acids is 2. The predicted molar refractivity (Wildman–Crippen MR) is 154 cm³/mol. The lowest BCUT2D eigenvalue weighted by Crippen LogP contribution is -2.69. The average Bonchev–Trinajstić information content (AvgIpc) is 2.96. The molecule has 2 aliphatic rings. The van der Waals surface area contributed by atoms with Crippen LogP contribution in [0, 0.1) is 0 Å². The zero-order valence-electron chi connectivity index (χ0n) is 26.8. The van der Waals surface area contributed by atoms with Crippen molar-refractivity contribution in [2.75, 3.05) is 19.8 Å². The molecule has 0 radical (unpaired) electrons. The molecule has 11 N–H and O–H groups in total. The summed E-state index contributed by atoms with van der Waals surface area (Å²) in [4.78, 5) is 60.0. The second-order valence-electron chi connectivity index (χ2n) is 12.3. The molecule has 0 spiro atoms. The number of carbonyl (C=O) groups is 5. The number of amides is 3. The summed E-state index contributed by atoms with van der Waals surface area (Å²) in [5, 5.41) is 88.7. The van der Waals surface area contributed by atoms with Gasteiger partial charge in [-0.25, -0.2) is 14.4 Å². The predicted octanol–water partition coefficient (Wildman–Crippen LogP) is -4.90. The Labute approximate surface area is 274 Å². The minimum absolute atomic E-state index is 0.721. The maximum Gasteiger partial charge on any atom is 0.408 e. The molecular formula is C27H45N3O18. The molecule has 12 atom stereocenters. The second kappa shape index (κ2) is 16.9. The molecule has 276 valence electrons. The number of carbonyl (C=O) groups excluding carboxylic acids is 3. The van der Waals surface area contributed by atoms with Gasteiger partial charge in [0.25, 0.3) is 5.79 Å². The SMILES string of the molecule is CC(=O)N[C@H]1[C@@H](OC[C@H](NC(=O)OC(C)(C)C)C(=O)O)O[C@H](CO[C@]2(C(=O)O)C[C@H](O)[C@@H](NC(C)=O)[C@H]([C@H](O)[C@H](O)CO)O2)[C@H](O)[C@@H]1O. The third-order valence-electron chi connectivity index (χ3n) is 7.15. The van der Waals surface area contributed by atoms with Gasteiger partial charge in [0.15, 0.2) is 12.3 Å². The van der Waals surface area contributed by atoms with Crippen molar-refractivity contribution in [3.63, 3.8) is 0 Å². The van der Waals surface area contributed by atoms with Gasteiger partial charge >= 0.3 is 18.0 Å². The van der Waals surface area contributed by atoms with Gasteiger partial charge in [-0.05, 0) is 20.8 Å². The fourth-order valence-electron chi connectivity index (χ4n) is 4.91. The topological polar surface area (TPSA) is 329 Å². The molecule has 21 heteroatoms. The highest BCUT2D eigenvalue weighted by Crippen LogP contribution is 2.35. The van der Waals surface area contributed by atoms with E-state index in [1.54, 1.807) is 0 Å². The third-order valence-corrected chi connectivity index (χ3v) is 7.15. The number of ether oxygens (including phenoxy) is 5. The van der Waals surface area contributed by atoms with E-state index in [2.05, 4.69) is 16.0 Å². The molecule has 2 fully saturated rings. The van der Waals surface area contributed by atoms with Gasteiger partial charge in [0.05, 0.1) is 32.0 Å². The van der Waals surface area contributed by atoms with Crippen LogP contribution in [0.15, 0.2) is 0 Å². The summed E-state index contributed by atoms with van der Waals surface area (Å²) in [5.74, 6) is -7.71. The van der Waals surface area contributed by atoms with E-state index in [-0.39, 0.29) is 0 Å². The van der Waals surface area contributed by atoms with Crippen LogP contribution in [-0.2, 0) is 42.9 Å². The number of carboxylic acid groups (broad SMARTS) is 2. The van der Waals surface area contributed by atoms with Crippen LogP contribution in [0.2, 0.25) is 0 Å². The Morgan fingerprint density at radius 3 is 2.04 bits per heavy atom. The van der Waals surface area contributed by atoms with Crippen molar-refractivity contribution in [3.05, 3.63) is 0 Å². The summed E-state index contributed by atoms with van der Waals surface area (Å²) in [7, 11) is 0. The standard InChI is InChI=1S/C27H45N3O18/c1-10(32)28-16-13(34)6-27(24(41)42,47-21(16)18(36)14(35)7-31)45-9-15-19(37)20(38)17(29-11(2)33)23(46-15)44-8-12(22(39)40)30-25(43)48-26(3,4)5/h12-21,23,31,34-38H,6-9H2,1-5H3,(H,28,32)(H,29,33)(H,30,43)(H,39,40)(H,41,42)/t12-,13-,14+,15+,16+,17+,18+,19-,20+,21+,23-,27+/m0/s1. The van der Waals surface area contributed by atoms with Crippen LogP contribution in [0.5, 0.6) is 0 Å². The van der Waals surface area contributed by atoms with Gasteiger partial charge in [-0.1, -0.05) is 0 Å². The first kappa shape index (κ1) is 40.9. The largest absolute Gasteiger partial charge is 0.480 e. The first-order valence-corrected chi connectivity index (χ1v) is 14.7. The summed E-state index contributed by atoms with van der Waals surface area (Å²) in [6, 6.07) is -4.74. The molecule has 0 bridgehead atoms. The van der Waals surface area contributed by atoms with Gasteiger partial charge < -0.3 is 80.5 Å². The molecule has 3 amide bonds. The smallest absolute Gasteiger partial charge is 0.408 e. The zero-order chi connectivity index (χ0) is 36.7. The lowest BCUT2D eigenvalue weighted by Gasteiger charge is -2.47. The van der Waals surface area contributed by atoms with E-state index in [4.69, 9.17) is 23.7 Å². The number of alkyl carbamates (subject to hydrolysis) is 1. The summed E-state index contributed by atoms with van der Waals surface area (Å²) >= 11 is 0. The Morgan fingerprint density at radius 2 is 1.54 bits per heavy atom. The molecular weight excluding hydrogens is 654 g/mol. The Bertz CT molecular complexity index is 1150. The van der Waals surface area contributed by atoms with Crippen LogP contribution < -0.4 is 16.0 Å². The number of hydrogen-bond donors (Lipinski definition) is 11. The maximum absolute atomic E-state index is 12.5. The third kappa shape index (κ3) is 10.9. The van der Waals surface area contributed by atoms with Crippen molar-refractivity contribution in [2.24, 2.45) is 0 Å². The maximum atomic E-state index is 12.5. The highest BCUT2D eigenvalue weighted by atomic mass is 16.7. The Hall–Kier alpha value is -3.25. The van der Waals surface area contributed by atoms with Crippen molar-refractivity contribution in [1.82, 2.24) is 16.0 Å². The minimum atomic E-state index is -2.83. The van der Waals surface area contributed by atoms with Gasteiger partial charge in [-0.3, -0.25) is 9.59 Å². The molecule has 0 unspecified atom stereocenters. The molecule has 2 aliphatic heterocycles. The summed E-state index contributed by atoms with van der Waals surface area (Å²) in [6.45, 7) is 3.95. The van der Waals surface area contributed by atoms with Gasteiger partial charge in [-0.15, -0.1) is 0 Å². The molecule has 2 heterocycles. The molecule has 21 nitrogen and oxygen atoms in total. The number of hydrogen-bond acceptors (Lipinski definition) is 16. The first-order chi connectivity index (χ1) is 22.1. The van der Waals surface area contributed by atoms with Gasteiger partial charge in [-0.2, -0.15) is 0 Å². The Kier molecular flexibility index (Phi) is 14.4. The quantitative estimate of drug-likeness (QED) is 0.0809. The number of aliphatic hydroxyl groups is 6. The Morgan fingerprint density at radius 1 is 0.958 bits per heavy atom. The Balaban J connectivity index is 2.32. The lowest BCUT2D eigenvalue weighted by atomic mass is 9.88. The highest BCUT2D eigenvalue weighted by Gasteiger charge is 2.57. The molecule has 0 aromatic rings. The molecule has 2 rings (SSSR count). The molecule has 0 aromatic carbocycles. The van der Waals surface area contributed by atoms with Crippen LogP contribution in [0.3, 0.4) is 0 Å². The number of nitrogens with one attached hydrogen (secondary N) is 3. The van der Waals surface area contributed by atoms with Crippen molar-refractivity contribution in [1.29, 1.82) is 0 Å². The second-order valence-corrected chi connectivity index (χ2v) is 12.3. The van der Waals surface area contributed by atoms with E-state index in [1.165, 1.54) is 20.8 Å². The number of rotatable bonds is 14. The summed E-state index contributed by atoms with van der Waals surface area (Å²) in [5.41, 5.74) is -0.975. The normalized spacial score (nSPS) is 32.6. The summed E-state index contributed by atoms with van der Waals surface area (Å²) < 4.78 is 27.2. The van der Waals surface area contributed by atoms with Crippen LogP contribution >= 0.6 is 0 Å². The van der Waals surface area contributed by atoms with E-state index < -0.39 is 135 Å². The van der Waals surface area contributed by atoms with E-state index in [0.29, 0.717) is 0 Å².